The molecule has 2 aliphatic heterocycles. The zero-order chi connectivity index (χ0) is 24.3. The van der Waals surface area contributed by atoms with Gasteiger partial charge in [-0.05, 0) is 36.8 Å². The molecule has 0 unspecified atom stereocenters. The first kappa shape index (κ1) is 23.8. The molecule has 0 radical (unpaired) electrons. The van der Waals surface area contributed by atoms with Gasteiger partial charge < -0.3 is 19.7 Å². The van der Waals surface area contributed by atoms with E-state index < -0.39 is 16.1 Å². The van der Waals surface area contributed by atoms with Gasteiger partial charge in [-0.1, -0.05) is 25.1 Å². The monoisotopic (exact) mass is 485 g/mol. The largest absolute Gasteiger partial charge is 0.496 e. The third kappa shape index (κ3) is 4.78. The van der Waals surface area contributed by atoms with Crippen molar-refractivity contribution in [1.82, 2.24) is 9.21 Å². The molecule has 4 rings (SSSR count). The van der Waals surface area contributed by atoms with Gasteiger partial charge in [0.2, 0.25) is 15.9 Å². The number of nitrogens with zero attached hydrogens (tertiary/aromatic N) is 2. The minimum Gasteiger partial charge on any atom is -0.496 e. The van der Waals surface area contributed by atoms with Crippen molar-refractivity contribution < 1.29 is 27.5 Å². The number of carbonyl (C=O) groups excluding carboxylic acids is 2. The Kier molecular flexibility index (Phi) is 6.90. The summed E-state index contributed by atoms with van der Waals surface area (Å²) in [5.41, 5.74) is 1.12. The molecule has 10 heteroatoms. The van der Waals surface area contributed by atoms with Crippen LogP contribution in [0.2, 0.25) is 0 Å². The second-order valence-corrected chi connectivity index (χ2v) is 9.90. The number of anilines is 1. The van der Waals surface area contributed by atoms with Gasteiger partial charge >= 0.3 is 0 Å². The SMILES string of the molecule is CC[C@@H]1Oc2ccc(S(=O)(=O)N3CCN(C(=O)/C=C/c4ccccc4OC)CC3)cc2NC1=O. The Labute approximate surface area is 199 Å². The van der Waals surface area contributed by atoms with E-state index in [-0.39, 0.29) is 42.9 Å². The summed E-state index contributed by atoms with van der Waals surface area (Å²) in [4.78, 5) is 26.4. The molecule has 0 saturated carbocycles. The average molecular weight is 486 g/mol. The van der Waals surface area contributed by atoms with Crippen LogP contribution in [0.5, 0.6) is 11.5 Å². The first-order chi connectivity index (χ1) is 16.3. The minimum atomic E-state index is -3.79. The number of para-hydroxylation sites is 1. The van der Waals surface area contributed by atoms with E-state index in [2.05, 4.69) is 5.32 Å². The highest BCUT2D eigenvalue weighted by molar-refractivity contribution is 7.89. The van der Waals surface area contributed by atoms with Crippen molar-refractivity contribution in [2.75, 3.05) is 38.6 Å². The fourth-order valence-electron chi connectivity index (χ4n) is 3.93. The lowest BCUT2D eigenvalue weighted by Crippen LogP contribution is -2.50. The van der Waals surface area contributed by atoms with E-state index in [0.29, 0.717) is 23.6 Å². The predicted molar refractivity (Wildman–Crippen MR) is 127 cm³/mol. The summed E-state index contributed by atoms with van der Waals surface area (Å²) in [7, 11) is -2.22. The lowest BCUT2D eigenvalue weighted by Gasteiger charge is -2.33. The van der Waals surface area contributed by atoms with E-state index in [1.165, 1.54) is 22.5 Å². The molecule has 0 spiro atoms. The maximum atomic E-state index is 13.2. The molecule has 2 aromatic carbocycles. The zero-order valence-electron chi connectivity index (χ0n) is 19.1. The van der Waals surface area contributed by atoms with Gasteiger partial charge in [0.15, 0.2) is 6.10 Å². The van der Waals surface area contributed by atoms with Crippen molar-refractivity contribution in [3.05, 3.63) is 54.1 Å². The van der Waals surface area contributed by atoms with Crippen molar-refractivity contribution in [2.24, 2.45) is 0 Å². The van der Waals surface area contributed by atoms with Crippen LogP contribution in [0.15, 0.2) is 53.4 Å². The summed E-state index contributed by atoms with van der Waals surface area (Å²) in [5, 5.41) is 2.72. The molecule has 1 fully saturated rings. The normalized spacial score (nSPS) is 18.8. The molecule has 34 heavy (non-hydrogen) atoms. The first-order valence-corrected chi connectivity index (χ1v) is 12.5. The van der Waals surface area contributed by atoms with Gasteiger partial charge in [0.1, 0.15) is 11.5 Å². The number of amides is 2. The molecule has 2 aromatic rings. The van der Waals surface area contributed by atoms with Crippen LogP contribution in [0, 0.1) is 0 Å². The Balaban J connectivity index is 1.41. The number of benzene rings is 2. The predicted octanol–water partition coefficient (Wildman–Crippen LogP) is 2.35. The number of nitrogens with one attached hydrogen (secondary N) is 1. The Morgan fingerprint density at radius 3 is 2.62 bits per heavy atom. The molecular formula is C24H27N3O6S. The summed E-state index contributed by atoms with van der Waals surface area (Å²) in [5.74, 6) is 0.627. The number of sulfonamides is 1. The summed E-state index contributed by atoms with van der Waals surface area (Å²) in [6.07, 6.45) is 3.09. The molecule has 0 aliphatic carbocycles. The van der Waals surface area contributed by atoms with E-state index in [9.17, 15) is 18.0 Å². The maximum Gasteiger partial charge on any atom is 0.265 e. The highest BCUT2D eigenvalue weighted by atomic mass is 32.2. The van der Waals surface area contributed by atoms with Gasteiger partial charge in [-0.15, -0.1) is 0 Å². The maximum absolute atomic E-state index is 13.2. The number of hydrogen-bond donors (Lipinski definition) is 1. The molecule has 0 bridgehead atoms. The van der Waals surface area contributed by atoms with E-state index in [1.54, 1.807) is 24.2 Å². The third-order valence-corrected chi connectivity index (χ3v) is 7.77. The van der Waals surface area contributed by atoms with Gasteiger partial charge in [-0.2, -0.15) is 4.31 Å². The molecule has 9 nitrogen and oxygen atoms in total. The van der Waals surface area contributed by atoms with Crippen molar-refractivity contribution in [1.29, 1.82) is 0 Å². The second kappa shape index (κ2) is 9.86. The number of piperazine rings is 1. The molecule has 1 saturated heterocycles. The van der Waals surface area contributed by atoms with E-state index in [4.69, 9.17) is 9.47 Å². The number of methoxy groups -OCH3 is 1. The Morgan fingerprint density at radius 1 is 1.18 bits per heavy atom. The van der Waals surface area contributed by atoms with Gasteiger partial charge in [0, 0.05) is 37.8 Å². The summed E-state index contributed by atoms with van der Waals surface area (Å²) in [6, 6.07) is 11.8. The van der Waals surface area contributed by atoms with Crippen LogP contribution in [0.1, 0.15) is 18.9 Å². The Hall–Kier alpha value is -3.37. The smallest absolute Gasteiger partial charge is 0.265 e. The topological polar surface area (TPSA) is 105 Å². The average Bonchev–Trinajstić information content (AvgIpc) is 2.86. The van der Waals surface area contributed by atoms with Crippen LogP contribution in [0.25, 0.3) is 6.08 Å². The van der Waals surface area contributed by atoms with Crippen LogP contribution in [-0.2, 0) is 19.6 Å². The third-order valence-electron chi connectivity index (χ3n) is 5.87. The van der Waals surface area contributed by atoms with Crippen molar-refractivity contribution in [3.8, 4) is 11.5 Å². The fraction of sp³-hybridized carbons (Fsp3) is 0.333. The van der Waals surface area contributed by atoms with E-state index >= 15 is 0 Å². The number of hydrogen-bond acceptors (Lipinski definition) is 6. The van der Waals surface area contributed by atoms with Gasteiger partial charge in [-0.3, -0.25) is 9.59 Å². The number of fused-ring (bicyclic) bond motifs is 1. The summed E-state index contributed by atoms with van der Waals surface area (Å²) < 4.78 is 38.6. The van der Waals surface area contributed by atoms with Gasteiger partial charge in [-0.25, -0.2) is 8.42 Å². The van der Waals surface area contributed by atoms with Gasteiger partial charge in [0.25, 0.3) is 5.91 Å². The van der Waals surface area contributed by atoms with Crippen LogP contribution >= 0.6 is 0 Å². The van der Waals surface area contributed by atoms with Crippen LogP contribution in [-0.4, -0.2) is 68.8 Å². The molecular weight excluding hydrogens is 458 g/mol. The first-order valence-electron chi connectivity index (χ1n) is 11.0. The molecule has 2 amide bonds. The zero-order valence-corrected chi connectivity index (χ0v) is 19.9. The van der Waals surface area contributed by atoms with Crippen molar-refractivity contribution >= 4 is 33.6 Å². The molecule has 2 heterocycles. The standard InChI is InChI=1S/C24H27N3O6S/c1-3-20-24(29)25-19-16-18(9-10-22(19)33-20)34(30,31)27-14-12-26(13-15-27)23(28)11-8-17-6-4-5-7-21(17)32-2/h4-11,16,20H,3,12-15H2,1-2H3,(H,25,29)/b11-8+/t20-/m0/s1. The Morgan fingerprint density at radius 2 is 1.91 bits per heavy atom. The highest BCUT2D eigenvalue weighted by Gasteiger charge is 2.32. The summed E-state index contributed by atoms with van der Waals surface area (Å²) in [6.45, 7) is 2.74. The van der Waals surface area contributed by atoms with E-state index in [0.717, 1.165) is 5.56 Å². The molecule has 1 atom stereocenters. The number of ether oxygens (including phenoxy) is 2. The van der Waals surface area contributed by atoms with Gasteiger partial charge in [0.05, 0.1) is 17.7 Å². The molecule has 180 valence electrons. The van der Waals surface area contributed by atoms with Crippen LogP contribution in [0.4, 0.5) is 5.69 Å². The second-order valence-electron chi connectivity index (χ2n) is 7.97. The van der Waals surface area contributed by atoms with Crippen molar-refractivity contribution in [3.63, 3.8) is 0 Å². The number of carbonyl (C=O) groups is 2. The summed E-state index contributed by atoms with van der Waals surface area (Å²) >= 11 is 0. The van der Waals surface area contributed by atoms with Crippen LogP contribution < -0.4 is 14.8 Å². The lowest BCUT2D eigenvalue weighted by molar-refractivity contribution is -0.127. The quantitative estimate of drug-likeness (QED) is 0.630. The minimum absolute atomic E-state index is 0.0703. The molecule has 2 aliphatic rings. The lowest BCUT2D eigenvalue weighted by atomic mass is 10.2. The molecule has 1 N–H and O–H groups in total. The fourth-order valence-corrected chi connectivity index (χ4v) is 5.38. The molecule has 0 aromatic heterocycles. The Bertz CT molecular complexity index is 1220. The van der Waals surface area contributed by atoms with Crippen LogP contribution in [0.3, 0.4) is 0 Å². The van der Waals surface area contributed by atoms with Crippen molar-refractivity contribution in [2.45, 2.75) is 24.3 Å². The number of rotatable bonds is 6. The van der Waals surface area contributed by atoms with E-state index in [1.807, 2.05) is 31.2 Å². The highest BCUT2D eigenvalue weighted by Crippen LogP contribution is 2.33.